The standard InChI is InChI=1S/C18H21Cl2N3O/c1-18(2,3)17-21-14-10-23(8-7-12(14)16(24)22-17)9-11-5-4-6-13(19)15(11)20/h4-6H,7-10H2,1-3H3,(H,21,22,24). The predicted molar refractivity (Wildman–Crippen MR) is 97.8 cm³/mol. The van der Waals surface area contributed by atoms with Gasteiger partial charge in [0.15, 0.2) is 0 Å². The first-order valence-corrected chi connectivity index (χ1v) is 8.79. The second kappa shape index (κ2) is 6.51. The number of fused-ring (bicyclic) bond motifs is 1. The summed E-state index contributed by atoms with van der Waals surface area (Å²) < 4.78 is 0. The summed E-state index contributed by atoms with van der Waals surface area (Å²) in [6.07, 6.45) is 0.695. The monoisotopic (exact) mass is 365 g/mol. The molecule has 1 aromatic carbocycles. The van der Waals surface area contributed by atoms with E-state index in [1.54, 1.807) is 6.07 Å². The van der Waals surface area contributed by atoms with E-state index in [2.05, 4.69) is 9.88 Å². The van der Waals surface area contributed by atoms with Gasteiger partial charge in [-0.2, -0.15) is 0 Å². The Labute approximate surface area is 151 Å². The molecule has 1 aliphatic heterocycles. The molecule has 0 atom stereocenters. The summed E-state index contributed by atoms with van der Waals surface area (Å²) in [7, 11) is 0. The second-order valence-electron chi connectivity index (χ2n) is 7.26. The van der Waals surface area contributed by atoms with Crippen LogP contribution in [0.2, 0.25) is 10.0 Å². The first-order valence-electron chi connectivity index (χ1n) is 8.03. The van der Waals surface area contributed by atoms with Crippen LogP contribution in [0.3, 0.4) is 0 Å². The van der Waals surface area contributed by atoms with Crippen LogP contribution in [0.4, 0.5) is 0 Å². The van der Waals surface area contributed by atoms with Gasteiger partial charge in [-0.3, -0.25) is 9.69 Å². The molecule has 0 bridgehead atoms. The molecule has 0 saturated heterocycles. The lowest BCUT2D eigenvalue weighted by molar-refractivity contribution is 0.239. The molecule has 6 heteroatoms. The highest BCUT2D eigenvalue weighted by molar-refractivity contribution is 6.42. The molecule has 0 fully saturated rings. The summed E-state index contributed by atoms with van der Waals surface area (Å²) >= 11 is 12.4. The quantitative estimate of drug-likeness (QED) is 0.876. The molecule has 1 aromatic heterocycles. The molecule has 1 aliphatic rings. The molecule has 0 aliphatic carbocycles. The number of hydrogen-bond donors (Lipinski definition) is 1. The van der Waals surface area contributed by atoms with Crippen molar-refractivity contribution in [2.24, 2.45) is 0 Å². The Morgan fingerprint density at radius 3 is 2.75 bits per heavy atom. The van der Waals surface area contributed by atoms with E-state index in [4.69, 9.17) is 28.2 Å². The number of hydrogen-bond acceptors (Lipinski definition) is 3. The van der Waals surface area contributed by atoms with Gasteiger partial charge in [0.25, 0.3) is 5.56 Å². The van der Waals surface area contributed by atoms with E-state index in [9.17, 15) is 4.79 Å². The number of H-pyrrole nitrogens is 1. The first-order chi connectivity index (χ1) is 11.3. The predicted octanol–water partition coefficient (Wildman–Crippen LogP) is 3.93. The van der Waals surface area contributed by atoms with Gasteiger partial charge in [-0.25, -0.2) is 4.98 Å². The highest BCUT2D eigenvalue weighted by Crippen LogP contribution is 2.28. The SMILES string of the molecule is CC(C)(C)c1nc2c(c(=O)[nH]1)CCN(Cc1cccc(Cl)c1Cl)C2. The maximum absolute atomic E-state index is 12.3. The van der Waals surface area contributed by atoms with Gasteiger partial charge in [-0.15, -0.1) is 0 Å². The molecule has 0 unspecified atom stereocenters. The van der Waals surface area contributed by atoms with E-state index in [0.29, 0.717) is 29.6 Å². The third kappa shape index (κ3) is 3.51. The Bertz CT molecular complexity index is 824. The number of nitrogens with zero attached hydrogens (tertiary/aromatic N) is 2. The molecule has 128 valence electrons. The largest absolute Gasteiger partial charge is 0.310 e. The lowest BCUT2D eigenvalue weighted by Gasteiger charge is -2.29. The lowest BCUT2D eigenvalue weighted by Crippen LogP contribution is -2.36. The Balaban J connectivity index is 1.87. The van der Waals surface area contributed by atoms with Gasteiger partial charge in [-0.05, 0) is 18.1 Å². The summed E-state index contributed by atoms with van der Waals surface area (Å²) in [5.41, 5.74) is 2.47. The summed E-state index contributed by atoms with van der Waals surface area (Å²) in [6.45, 7) is 8.27. The number of aromatic nitrogens is 2. The van der Waals surface area contributed by atoms with Gasteiger partial charge in [0.05, 0.1) is 15.7 Å². The molecule has 0 amide bonds. The van der Waals surface area contributed by atoms with Crippen molar-refractivity contribution in [3.8, 4) is 0 Å². The number of rotatable bonds is 2. The van der Waals surface area contributed by atoms with E-state index in [1.807, 2.05) is 32.9 Å². The summed E-state index contributed by atoms with van der Waals surface area (Å²) in [4.78, 5) is 22.2. The highest BCUT2D eigenvalue weighted by atomic mass is 35.5. The van der Waals surface area contributed by atoms with Crippen LogP contribution >= 0.6 is 23.2 Å². The fraction of sp³-hybridized carbons (Fsp3) is 0.444. The maximum Gasteiger partial charge on any atom is 0.254 e. The van der Waals surface area contributed by atoms with Crippen LogP contribution in [0.15, 0.2) is 23.0 Å². The van der Waals surface area contributed by atoms with Crippen molar-refractivity contribution in [3.63, 3.8) is 0 Å². The molecule has 24 heavy (non-hydrogen) atoms. The fourth-order valence-electron chi connectivity index (χ4n) is 2.90. The van der Waals surface area contributed by atoms with E-state index in [0.717, 1.165) is 29.2 Å². The van der Waals surface area contributed by atoms with Gasteiger partial charge in [-0.1, -0.05) is 56.1 Å². The van der Waals surface area contributed by atoms with Crippen LogP contribution < -0.4 is 5.56 Å². The van der Waals surface area contributed by atoms with Gasteiger partial charge < -0.3 is 4.98 Å². The Morgan fingerprint density at radius 2 is 2.04 bits per heavy atom. The summed E-state index contributed by atoms with van der Waals surface area (Å²) in [5, 5.41) is 1.16. The van der Waals surface area contributed by atoms with Crippen LogP contribution in [0.5, 0.6) is 0 Å². The Hall–Kier alpha value is -1.36. The first kappa shape index (κ1) is 17.5. The molecular weight excluding hydrogens is 345 g/mol. The Kier molecular flexibility index (Phi) is 4.73. The Morgan fingerprint density at radius 1 is 1.29 bits per heavy atom. The van der Waals surface area contributed by atoms with Crippen molar-refractivity contribution in [3.05, 3.63) is 61.2 Å². The zero-order valence-electron chi connectivity index (χ0n) is 14.1. The normalized spacial score (nSPS) is 15.4. The van der Waals surface area contributed by atoms with Crippen LogP contribution in [-0.2, 0) is 24.9 Å². The van der Waals surface area contributed by atoms with Crippen molar-refractivity contribution in [2.45, 2.75) is 45.7 Å². The smallest absolute Gasteiger partial charge is 0.254 e. The van der Waals surface area contributed by atoms with E-state index in [1.165, 1.54) is 0 Å². The van der Waals surface area contributed by atoms with Crippen molar-refractivity contribution < 1.29 is 0 Å². The van der Waals surface area contributed by atoms with Gasteiger partial charge in [0.1, 0.15) is 5.82 Å². The van der Waals surface area contributed by atoms with Crippen LogP contribution in [-0.4, -0.2) is 21.4 Å². The molecule has 3 rings (SSSR count). The van der Waals surface area contributed by atoms with Crippen molar-refractivity contribution >= 4 is 23.2 Å². The summed E-state index contributed by atoms with van der Waals surface area (Å²) in [6, 6.07) is 5.67. The summed E-state index contributed by atoms with van der Waals surface area (Å²) in [5.74, 6) is 0.730. The van der Waals surface area contributed by atoms with E-state index < -0.39 is 0 Å². The fourth-order valence-corrected chi connectivity index (χ4v) is 3.28. The van der Waals surface area contributed by atoms with Crippen molar-refractivity contribution in [1.82, 2.24) is 14.9 Å². The number of halogens is 2. The number of benzene rings is 1. The third-order valence-corrected chi connectivity index (χ3v) is 5.15. The van der Waals surface area contributed by atoms with Gasteiger partial charge >= 0.3 is 0 Å². The molecular formula is C18H21Cl2N3O. The second-order valence-corrected chi connectivity index (χ2v) is 8.05. The average Bonchev–Trinajstić information content (AvgIpc) is 2.50. The molecule has 4 nitrogen and oxygen atoms in total. The van der Waals surface area contributed by atoms with Crippen LogP contribution in [0.1, 0.15) is 43.4 Å². The molecule has 2 heterocycles. The lowest BCUT2D eigenvalue weighted by atomic mass is 9.95. The zero-order valence-corrected chi connectivity index (χ0v) is 15.6. The molecule has 2 aromatic rings. The minimum atomic E-state index is -0.188. The van der Waals surface area contributed by atoms with Crippen LogP contribution in [0.25, 0.3) is 0 Å². The van der Waals surface area contributed by atoms with Gasteiger partial charge in [0.2, 0.25) is 0 Å². The maximum atomic E-state index is 12.3. The zero-order chi connectivity index (χ0) is 17.5. The van der Waals surface area contributed by atoms with Crippen LogP contribution in [0, 0.1) is 0 Å². The highest BCUT2D eigenvalue weighted by Gasteiger charge is 2.25. The van der Waals surface area contributed by atoms with Crippen molar-refractivity contribution in [1.29, 1.82) is 0 Å². The minimum Gasteiger partial charge on any atom is -0.310 e. The van der Waals surface area contributed by atoms with Gasteiger partial charge in [0, 0.05) is 30.6 Å². The number of nitrogens with one attached hydrogen (secondary N) is 1. The average molecular weight is 366 g/mol. The molecule has 1 N–H and O–H groups in total. The minimum absolute atomic E-state index is 0.00892. The van der Waals surface area contributed by atoms with E-state index in [-0.39, 0.29) is 11.0 Å². The molecule has 0 saturated carbocycles. The molecule has 0 spiro atoms. The van der Waals surface area contributed by atoms with Crippen molar-refractivity contribution in [2.75, 3.05) is 6.54 Å². The topological polar surface area (TPSA) is 49.0 Å². The third-order valence-electron chi connectivity index (χ3n) is 4.29. The van der Waals surface area contributed by atoms with E-state index >= 15 is 0 Å². The number of aromatic amines is 1. The molecule has 0 radical (unpaired) electrons.